The number of rotatable bonds is 12. The average molecular weight is 753 g/mol. The Balaban J connectivity index is 1.54. The highest BCUT2D eigenvalue weighted by molar-refractivity contribution is 7.80. The molecule has 3 aliphatic rings. The van der Waals surface area contributed by atoms with Crippen LogP contribution in [0.1, 0.15) is 80.7 Å². The molecule has 1 aliphatic carbocycles. The minimum atomic E-state index is -4.69. The number of aryl methyl sites for hydroxylation is 1. The number of ketones is 1. The van der Waals surface area contributed by atoms with Crippen LogP contribution < -0.4 is 10.1 Å². The fourth-order valence-electron chi connectivity index (χ4n) is 7.35. The maximum absolute atomic E-state index is 14.5. The van der Waals surface area contributed by atoms with E-state index in [2.05, 4.69) is 31.1 Å². The molecule has 0 aromatic heterocycles. The lowest BCUT2D eigenvalue weighted by Gasteiger charge is -2.37. The summed E-state index contributed by atoms with van der Waals surface area (Å²) in [5.41, 5.74) is 6.45. The van der Waals surface area contributed by atoms with E-state index < -0.39 is 28.6 Å². The largest absolute Gasteiger partial charge is 0.493 e. The predicted octanol–water partition coefficient (Wildman–Crippen LogP) is 9.77. The highest BCUT2D eigenvalue weighted by Crippen LogP contribution is 2.49. The van der Waals surface area contributed by atoms with Gasteiger partial charge in [0.25, 0.3) is 5.91 Å². The molecule has 2 aromatic carbocycles. The van der Waals surface area contributed by atoms with Crippen molar-refractivity contribution in [2.45, 2.75) is 65.5 Å². The van der Waals surface area contributed by atoms with Crippen LogP contribution >= 0.6 is 12.2 Å². The third kappa shape index (κ3) is 8.34. The van der Waals surface area contributed by atoms with Crippen molar-refractivity contribution in [1.82, 2.24) is 5.32 Å². The minimum absolute atomic E-state index is 0.125. The zero-order valence-electron chi connectivity index (χ0n) is 30.8. The molecular weight excluding hydrogens is 710 g/mol. The Labute approximate surface area is 320 Å². The Hall–Kier alpha value is -5.07. The van der Waals surface area contributed by atoms with Crippen LogP contribution in [-0.4, -0.2) is 36.4 Å². The molecular formula is C44H43F3N2O4S. The summed E-state index contributed by atoms with van der Waals surface area (Å²) in [6.07, 6.45) is 5.50. The number of nitriles is 1. The van der Waals surface area contributed by atoms with E-state index >= 15 is 0 Å². The van der Waals surface area contributed by atoms with Crippen LogP contribution in [0.3, 0.4) is 0 Å². The smallest absolute Gasteiger partial charge is 0.417 e. The van der Waals surface area contributed by atoms with Gasteiger partial charge in [0, 0.05) is 22.6 Å². The third-order valence-corrected chi connectivity index (χ3v) is 10.5. The number of alkyl halides is 3. The Bertz CT molecular complexity index is 2100. The molecule has 1 fully saturated rings. The van der Waals surface area contributed by atoms with Crippen molar-refractivity contribution in [3.05, 3.63) is 130 Å². The molecule has 54 heavy (non-hydrogen) atoms. The lowest BCUT2D eigenvalue weighted by molar-refractivity contribution is -0.138. The van der Waals surface area contributed by atoms with Gasteiger partial charge in [-0.05, 0) is 110 Å². The summed E-state index contributed by atoms with van der Waals surface area (Å²) in [7, 11) is 0. The molecule has 280 valence electrons. The quantitative estimate of drug-likeness (QED) is 0.101. The first-order chi connectivity index (χ1) is 25.8. The Morgan fingerprint density at radius 3 is 2.65 bits per heavy atom. The van der Waals surface area contributed by atoms with Gasteiger partial charge in [-0.1, -0.05) is 74.3 Å². The van der Waals surface area contributed by atoms with E-state index in [-0.39, 0.29) is 31.1 Å². The van der Waals surface area contributed by atoms with E-state index in [1.54, 1.807) is 24.3 Å². The summed E-state index contributed by atoms with van der Waals surface area (Å²) in [5, 5.41) is 12.3. The fraction of sp³-hybridized carbons (Fsp3) is 0.341. The molecule has 1 spiro atoms. The molecule has 6 nitrogen and oxygen atoms in total. The maximum atomic E-state index is 14.5. The molecule has 2 aromatic rings. The molecule has 1 N–H and O–H groups in total. The molecule has 2 aliphatic heterocycles. The van der Waals surface area contributed by atoms with Gasteiger partial charge in [-0.15, -0.1) is 0 Å². The van der Waals surface area contributed by atoms with Crippen LogP contribution in [0.25, 0.3) is 11.3 Å². The van der Waals surface area contributed by atoms with Crippen molar-refractivity contribution in [2.24, 2.45) is 11.3 Å². The number of carbonyl (C=O) groups excluding carboxylic acids is 2. The number of hydrogen-bond acceptors (Lipinski definition) is 6. The lowest BCUT2D eigenvalue weighted by atomic mass is 9.64. The number of nitrogens with zero attached hydrogens (tertiary/aromatic N) is 1. The van der Waals surface area contributed by atoms with Crippen molar-refractivity contribution in [1.29, 1.82) is 5.26 Å². The maximum Gasteiger partial charge on any atom is 0.417 e. The standard InChI is InChI=1S/C44H43F3N2O4S/c1-6-10-27(4)21-31-11-9-12-37(49-42(51)40(31)28(5)7-2)34-23-30(16-18-38(34)53-8-3)35-24-39(54)33(41(50)43(35)19-20-52-26-43)17-14-29-13-15-32(25-48)36(22-29)44(45,46)47/h7,9,11,13,15-16,18,22-24,33H,2,4,6,8,10,14,17,19-21,26H2,1,3,5H3,(H,49,51). The Kier molecular flexibility index (Phi) is 12.6. The van der Waals surface area contributed by atoms with E-state index in [1.807, 2.05) is 38.1 Å². The van der Waals surface area contributed by atoms with Gasteiger partial charge in [0.15, 0.2) is 5.78 Å². The van der Waals surface area contributed by atoms with Gasteiger partial charge in [-0.3, -0.25) is 9.59 Å². The summed E-state index contributed by atoms with van der Waals surface area (Å²) >= 11 is 5.83. The van der Waals surface area contributed by atoms with E-state index in [0.717, 1.165) is 36.1 Å². The molecule has 5 rings (SSSR count). The summed E-state index contributed by atoms with van der Waals surface area (Å²) in [6, 6.07) is 10.7. The number of allylic oxidation sites excluding steroid dienone is 6. The van der Waals surface area contributed by atoms with E-state index in [4.69, 9.17) is 21.7 Å². The van der Waals surface area contributed by atoms with Gasteiger partial charge in [0.1, 0.15) is 5.75 Å². The first kappa shape index (κ1) is 40.1. The zero-order chi connectivity index (χ0) is 39.2. The number of thiocarbonyl (C=S) groups is 1. The van der Waals surface area contributed by atoms with Crippen LogP contribution in [0.2, 0.25) is 0 Å². The zero-order valence-corrected chi connectivity index (χ0v) is 31.6. The van der Waals surface area contributed by atoms with Crippen molar-refractivity contribution in [3.8, 4) is 11.8 Å². The van der Waals surface area contributed by atoms with Crippen molar-refractivity contribution in [2.75, 3.05) is 19.8 Å². The number of carbonyl (C=O) groups is 2. The molecule has 1 amide bonds. The molecule has 2 unspecified atom stereocenters. The highest BCUT2D eigenvalue weighted by Gasteiger charge is 2.51. The fourth-order valence-corrected chi connectivity index (χ4v) is 7.69. The average Bonchev–Trinajstić information content (AvgIpc) is 3.62. The van der Waals surface area contributed by atoms with E-state index in [9.17, 15) is 28.0 Å². The second kappa shape index (κ2) is 16.9. The molecule has 10 heteroatoms. The summed E-state index contributed by atoms with van der Waals surface area (Å²) in [5.74, 6) is -0.684. The van der Waals surface area contributed by atoms with Crippen LogP contribution in [-0.2, 0) is 26.9 Å². The Morgan fingerprint density at radius 2 is 2.00 bits per heavy atom. The number of ether oxygens (including phenoxy) is 2. The van der Waals surface area contributed by atoms with Crippen LogP contribution in [0.15, 0.2) is 102 Å². The number of halogens is 3. The van der Waals surface area contributed by atoms with Gasteiger partial charge in [-0.25, -0.2) is 0 Å². The monoisotopic (exact) mass is 752 g/mol. The topological polar surface area (TPSA) is 88.4 Å². The number of benzene rings is 2. The predicted molar refractivity (Wildman–Crippen MR) is 208 cm³/mol. The second-order valence-corrected chi connectivity index (χ2v) is 14.2. The molecule has 0 radical (unpaired) electrons. The highest BCUT2D eigenvalue weighted by atomic mass is 32.1. The van der Waals surface area contributed by atoms with Gasteiger partial charge >= 0.3 is 6.18 Å². The van der Waals surface area contributed by atoms with Crippen LogP contribution in [0.4, 0.5) is 13.2 Å². The number of amides is 1. The molecule has 0 saturated carbocycles. The normalized spacial score (nSPS) is 21.0. The minimum Gasteiger partial charge on any atom is -0.493 e. The summed E-state index contributed by atoms with van der Waals surface area (Å²) < 4.78 is 52.9. The van der Waals surface area contributed by atoms with Crippen LogP contribution in [0, 0.1) is 22.7 Å². The summed E-state index contributed by atoms with van der Waals surface area (Å²) in [6.45, 7) is 14.7. The molecule has 1 saturated heterocycles. The number of Topliss-reactive ketones (excluding diaryl/α,β-unsaturated/α-hetero) is 1. The Morgan fingerprint density at radius 1 is 1.22 bits per heavy atom. The van der Waals surface area contributed by atoms with E-state index in [0.29, 0.717) is 75.8 Å². The lowest BCUT2D eigenvalue weighted by Crippen LogP contribution is -2.44. The van der Waals surface area contributed by atoms with Gasteiger partial charge in [0.2, 0.25) is 0 Å². The number of nitrogens with one attached hydrogen (secondary N) is 1. The molecule has 0 bridgehead atoms. The number of hydrogen-bond donors (Lipinski definition) is 1. The van der Waals surface area contributed by atoms with Crippen molar-refractivity contribution < 1.29 is 32.2 Å². The third-order valence-electron chi connectivity index (χ3n) is 10.1. The van der Waals surface area contributed by atoms with Gasteiger partial charge in [0.05, 0.1) is 47.4 Å². The van der Waals surface area contributed by atoms with Gasteiger partial charge < -0.3 is 14.8 Å². The van der Waals surface area contributed by atoms with Crippen molar-refractivity contribution in [3.63, 3.8) is 0 Å². The SMILES string of the molecule is C=CC(C)=C1C(=O)NC(c2cc(C3=CC(=S)C(CCc4ccc(C#N)c(C(F)(F)F)c4)C(=O)C34CCOC4)ccc2OCC)=C=CC=C1CC(=C)CCC. The first-order valence-corrected chi connectivity index (χ1v) is 18.4. The molecule has 2 heterocycles. The first-order valence-electron chi connectivity index (χ1n) is 18.0. The second-order valence-electron chi connectivity index (χ2n) is 13.7. The van der Waals surface area contributed by atoms with Gasteiger partial charge in [-0.2, -0.15) is 18.4 Å². The summed E-state index contributed by atoms with van der Waals surface area (Å²) in [4.78, 5) is 28.9. The van der Waals surface area contributed by atoms with Crippen LogP contribution in [0.5, 0.6) is 5.75 Å². The molecule has 2 atom stereocenters. The van der Waals surface area contributed by atoms with Crippen molar-refractivity contribution >= 4 is 40.0 Å². The van der Waals surface area contributed by atoms with E-state index in [1.165, 1.54) is 6.07 Å².